The zero-order chi connectivity index (χ0) is 15.6. The first-order valence-corrected chi connectivity index (χ1v) is 7.46. The number of nitrogens with one attached hydrogen (secondary N) is 1. The van der Waals surface area contributed by atoms with E-state index in [0.29, 0.717) is 27.8 Å². The molecule has 1 saturated heterocycles. The van der Waals surface area contributed by atoms with Gasteiger partial charge in [0.2, 0.25) is 0 Å². The predicted molar refractivity (Wildman–Crippen MR) is 85.9 cm³/mol. The normalized spacial score (nSPS) is 16.5. The van der Waals surface area contributed by atoms with Crippen LogP contribution < -0.4 is 10.1 Å². The Kier molecular flexibility index (Phi) is 4.71. The minimum atomic E-state index is -0.409. The topological polar surface area (TPSA) is 78.9 Å². The van der Waals surface area contributed by atoms with Crippen LogP contribution in [-0.4, -0.2) is 35.6 Å². The van der Waals surface area contributed by atoms with Crippen LogP contribution in [0.1, 0.15) is 18.9 Å². The average molecular weight is 402 g/mol. The summed E-state index contributed by atoms with van der Waals surface area (Å²) in [6.45, 7) is 2.29. The van der Waals surface area contributed by atoms with Crippen LogP contribution in [-0.2, 0) is 4.79 Å². The van der Waals surface area contributed by atoms with Crippen molar-refractivity contribution in [2.24, 2.45) is 0 Å². The van der Waals surface area contributed by atoms with E-state index >= 15 is 0 Å². The molecule has 3 amide bonds. The van der Waals surface area contributed by atoms with Gasteiger partial charge in [0.15, 0.2) is 11.5 Å². The Bertz CT molecular complexity index is 628. The van der Waals surface area contributed by atoms with Gasteiger partial charge in [-0.1, -0.05) is 6.92 Å². The van der Waals surface area contributed by atoms with E-state index in [0.717, 1.165) is 0 Å². The summed E-state index contributed by atoms with van der Waals surface area (Å²) in [7, 11) is 1.45. The molecule has 1 heterocycles. The summed E-state index contributed by atoms with van der Waals surface area (Å²) < 4.78 is 5.67. The fourth-order valence-electron chi connectivity index (χ4n) is 2.00. The Morgan fingerprint density at radius 2 is 2.14 bits per heavy atom. The maximum atomic E-state index is 12.1. The number of phenols is 1. The molecule has 1 aromatic carbocycles. The summed E-state index contributed by atoms with van der Waals surface area (Å²) in [5.41, 5.74) is 0.882. The number of nitrogens with zero attached hydrogens (tertiary/aromatic N) is 1. The maximum Gasteiger partial charge on any atom is 0.329 e. The Morgan fingerprint density at radius 3 is 2.76 bits per heavy atom. The van der Waals surface area contributed by atoms with Crippen LogP contribution in [0.3, 0.4) is 0 Å². The van der Waals surface area contributed by atoms with Gasteiger partial charge in [-0.25, -0.2) is 4.79 Å². The molecule has 7 heteroatoms. The fraction of sp³-hybridized carbons (Fsp3) is 0.286. The zero-order valence-electron chi connectivity index (χ0n) is 11.6. The summed E-state index contributed by atoms with van der Waals surface area (Å²) in [6.07, 6.45) is 2.28. The molecule has 1 fully saturated rings. The number of hydrogen-bond donors (Lipinski definition) is 2. The summed E-state index contributed by atoms with van der Waals surface area (Å²) in [5, 5.41) is 12.3. The highest BCUT2D eigenvalue weighted by molar-refractivity contribution is 14.1. The molecular formula is C14H15IN2O4. The number of ether oxygens (including phenoxy) is 1. The summed E-state index contributed by atoms with van der Waals surface area (Å²) in [6, 6.07) is 2.90. The number of hydrogen-bond acceptors (Lipinski definition) is 4. The second kappa shape index (κ2) is 6.33. The van der Waals surface area contributed by atoms with E-state index in [2.05, 4.69) is 5.32 Å². The van der Waals surface area contributed by atoms with Crippen LogP contribution >= 0.6 is 22.6 Å². The van der Waals surface area contributed by atoms with E-state index in [1.54, 1.807) is 18.2 Å². The molecule has 1 aromatic rings. The Labute approximate surface area is 135 Å². The average Bonchev–Trinajstić information content (AvgIpc) is 2.70. The Hall–Kier alpha value is -1.77. The largest absolute Gasteiger partial charge is 0.504 e. The van der Waals surface area contributed by atoms with Crippen molar-refractivity contribution in [1.29, 1.82) is 0 Å². The lowest BCUT2D eigenvalue weighted by atomic mass is 10.1. The molecule has 0 spiro atoms. The number of imide groups is 1. The van der Waals surface area contributed by atoms with E-state index in [1.807, 2.05) is 29.5 Å². The second-order valence-corrected chi connectivity index (χ2v) is 5.66. The van der Waals surface area contributed by atoms with Crippen molar-refractivity contribution >= 4 is 40.6 Å². The molecule has 0 saturated carbocycles. The van der Waals surface area contributed by atoms with Gasteiger partial charge in [-0.15, -0.1) is 0 Å². The van der Waals surface area contributed by atoms with E-state index in [1.165, 1.54) is 12.0 Å². The number of carbonyl (C=O) groups excluding carboxylic acids is 2. The SMILES string of the molecule is CCCN1C(=O)N/C(=C/c2cc(I)c(O)c(OC)c2)C1=O. The number of amides is 3. The van der Waals surface area contributed by atoms with Gasteiger partial charge in [-0.05, 0) is 52.8 Å². The van der Waals surface area contributed by atoms with Gasteiger partial charge < -0.3 is 15.2 Å². The fourth-order valence-corrected chi connectivity index (χ4v) is 2.62. The third-order valence-corrected chi connectivity index (χ3v) is 3.81. The van der Waals surface area contributed by atoms with Crippen LogP contribution in [0.5, 0.6) is 11.5 Å². The van der Waals surface area contributed by atoms with Crippen LogP contribution in [0.4, 0.5) is 4.79 Å². The van der Waals surface area contributed by atoms with Crippen LogP contribution in [0.15, 0.2) is 17.8 Å². The number of urea groups is 1. The first-order valence-electron chi connectivity index (χ1n) is 6.39. The van der Waals surface area contributed by atoms with E-state index in [-0.39, 0.29) is 17.4 Å². The Balaban J connectivity index is 2.35. The molecule has 0 unspecified atom stereocenters. The zero-order valence-corrected chi connectivity index (χ0v) is 13.8. The molecule has 0 aliphatic carbocycles. The molecule has 112 valence electrons. The van der Waals surface area contributed by atoms with Crippen molar-refractivity contribution in [2.45, 2.75) is 13.3 Å². The third-order valence-electron chi connectivity index (χ3n) is 2.99. The Morgan fingerprint density at radius 1 is 1.43 bits per heavy atom. The predicted octanol–water partition coefficient (Wildman–Crippen LogP) is 2.31. The highest BCUT2D eigenvalue weighted by atomic mass is 127. The van der Waals surface area contributed by atoms with E-state index < -0.39 is 6.03 Å². The molecule has 1 aliphatic heterocycles. The molecule has 6 nitrogen and oxygen atoms in total. The lowest BCUT2D eigenvalue weighted by molar-refractivity contribution is -0.122. The van der Waals surface area contributed by atoms with Gasteiger partial charge in [0, 0.05) is 6.54 Å². The minimum Gasteiger partial charge on any atom is -0.504 e. The molecule has 0 radical (unpaired) electrons. The quantitative estimate of drug-likeness (QED) is 0.460. The standard InChI is InChI=1S/C14H15IN2O4/c1-3-4-17-13(19)10(16-14(17)20)6-8-5-9(15)12(18)11(7-8)21-2/h5-7,18H,3-4H2,1-2H3,(H,16,20)/b10-6+. The molecule has 1 aliphatic rings. The number of rotatable bonds is 4. The number of aromatic hydroxyl groups is 1. The summed E-state index contributed by atoms with van der Waals surface area (Å²) in [5.74, 6) is 0.0227. The minimum absolute atomic E-state index is 0.0506. The van der Waals surface area contributed by atoms with Gasteiger partial charge in [0.1, 0.15) is 5.70 Å². The smallest absolute Gasteiger partial charge is 0.329 e. The van der Waals surface area contributed by atoms with Gasteiger partial charge in [0.05, 0.1) is 10.7 Å². The number of halogens is 1. The first-order chi connectivity index (χ1) is 9.97. The summed E-state index contributed by atoms with van der Waals surface area (Å²) in [4.78, 5) is 25.0. The van der Waals surface area contributed by atoms with Crippen molar-refractivity contribution in [3.8, 4) is 11.5 Å². The molecule has 21 heavy (non-hydrogen) atoms. The second-order valence-electron chi connectivity index (χ2n) is 4.50. The molecule has 2 rings (SSSR count). The van der Waals surface area contributed by atoms with Crippen molar-refractivity contribution in [3.05, 3.63) is 27.0 Å². The van der Waals surface area contributed by atoms with Gasteiger partial charge in [-0.3, -0.25) is 9.69 Å². The number of carbonyl (C=O) groups is 2. The summed E-state index contributed by atoms with van der Waals surface area (Å²) >= 11 is 1.97. The van der Waals surface area contributed by atoms with Crippen molar-refractivity contribution in [2.75, 3.05) is 13.7 Å². The van der Waals surface area contributed by atoms with Crippen molar-refractivity contribution < 1.29 is 19.4 Å². The molecule has 0 aromatic heterocycles. The number of phenolic OH excluding ortho intramolecular Hbond substituents is 1. The van der Waals surface area contributed by atoms with E-state index in [4.69, 9.17) is 4.74 Å². The molecule has 2 N–H and O–H groups in total. The lowest BCUT2D eigenvalue weighted by Gasteiger charge is -2.09. The van der Waals surface area contributed by atoms with Crippen LogP contribution in [0.2, 0.25) is 0 Å². The van der Waals surface area contributed by atoms with Crippen LogP contribution in [0, 0.1) is 3.57 Å². The van der Waals surface area contributed by atoms with E-state index in [9.17, 15) is 14.7 Å². The van der Waals surface area contributed by atoms with Crippen LogP contribution in [0.25, 0.3) is 6.08 Å². The van der Waals surface area contributed by atoms with Gasteiger partial charge >= 0.3 is 6.03 Å². The number of methoxy groups -OCH3 is 1. The molecule has 0 atom stereocenters. The first kappa shape index (κ1) is 15.6. The van der Waals surface area contributed by atoms with Gasteiger partial charge in [-0.2, -0.15) is 0 Å². The van der Waals surface area contributed by atoms with Gasteiger partial charge in [0.25, 0.3) is 5.91 Å². The monoisotopic (exact) mass is 402 g/mol. The highest BCUT2D eigenvalue weighted by Gasteiger charge is 2.32. The molecule has 0 bridgehead atoms. The highest BCUT2D eigenvalue weighted by Crippen LogP contribution is 2.33. The van der Waals surface area contributed by atoms with Crippen molar-refractivity contribution in [3.63, 3.8) is 0 Å². The maximum absolute atomic E-state index is 12.1. The number of benzene rings is 1. The third kappa shape index (κ3) is 3.12. The van der Waals surface area contributed by atoms with Crippen molar-refractivity contribution in [1.82, 2.24) is 10.2 Å². The molecular weight excluding hydrogens is 387 g/mol. The lowest BCUT2D eigenvalue weighted by Crippen LogP contribution is -2.31.